The summed E-state index contributed by atoms with van der Waals surface area (Å²) in [5, 5.41) is 4.59. The van der Waals surface area contributed by atoms with Crippen LogP contribution in [0, 0.1) is 12.8 Å². The van der Waals surface area contributed by atoms with Gasteiger partial charge in [0.1, 0.15) is 0 Å². The summed E-state index contributed by atoms with van der Waals surface area (Å²) in [6.45, 7) is 4.02. The van der Waals surface area contributed by atoms with Crippen LogP contribution in [0.15, 0.2) is 0 Å². The van der Waals surface area contributed by atoms with E-state index in [9.17, 15) is 0 Å². The van der Waals surface area contributed by atoms with Gasteiger partial charge in [0.15, 0.2) is 0 Å². The van der Waals surface area contributed by atoms with Gasteiger partial charge in [-0.15, -0.1) is 0 Å². The predicted molar refractivity (Wildman–Crippen MR) is 83.4 cm³/mol. The van der Waals surface area contributed by atoms with Gasteiger partial charge in [0.2, 0.25) is 5.88 Å². The summed E-state index contributed by atoms with van der Waals surface area (Å²) in [6, 6.07) is 1.11. The average molecular weight is 292 g/mol. The van der Waals surface area contributed by atoms with Gasteiger partial charge in [0, 0.05) is 19.1 Å². The zero-order valence-corrected chi connectivity index (χ0v) is 13.5. The van der Waals surface area contributed by atoms with Crippen LogP contribution in [-0.4, -0.2) is 40.9 Å². The number of aryl methyl sites for hydroxylation is 2. The summed E-state index contributed by atoms with van der Waals surface area (Å²) in [5.41, 5.74) is 8.49. The van der Waals surface area contributed by atoms with Crippen molar-refractivity contribution in [2.45, 2.75) is 51.1 Å². The van der Waals surface area contributed by atoms with E-state index in [0.29, 0.717) is 12.0 Å². The van der Waals surface area contributed by atoms with Crippen LogP contribution in [0.25, 0.3) is 0 Å². The molecule has 0 bridgehead atoms. The van der Waals surface area contributed by atoms with Crippen LogP contribution in [0.5, 0.6) is 5.88 Å². The Kier molecular flexibility index (Phi) is 4.22. The quantitative estimate of drug-likeness (QED) is 0.922. The van der Waals surface area contributed by atoms with Gasteiger partial charge in [0.05, 0.1) is 18.4 Å². The zero-order chi connectivity index (χ0) is 15.0. The van der Waals surface area contributed by atoms with Crippen molar-refractivity contribution in [3.05, 3.63) is 11.3 Å². The Morgan fingerprint density at radius 1 is 1.29 bits per heavy atom. The van der Waals surface area contributed by atoms with E-state index in [4.69, 9.17) is 10.5 Å². The second kappa shape index (κ2) is 5.97. The first-order chi connectivity index (χ1) is 10.2. The molecule has 3 rings (SSSR count). The zero-order valence-electron chi connectivity index (χ0n) is 13.5. The van der Waals surface area contributed by atoms with Gasteiger partial charge in [-0.05, 0) is 51.6 Å². The van der Waals surface area contributed by atoms with Crippen molar-refractivity contribution in [1.29, 1.82) is 0 Å². The lowest BCUT2D eigenvalue weighted by molar-refractivity contribution is 0.145. The second-order valence-corrected chi connectivity index (χ2v) is 6.54. The van der Waals surface area contributed by atoms with E-state index in [0.717, 1.165) is 24.2 Å². The Hall–Kier alpha value is -1.07. The van der Waals surface area contributed by atoms with Gasteiger partial charge in [0.25, 0.3) is 0 Å². The molecule has 2 aliphatic rings. The van der Waals surface area contributed by atoms with E-state index in [-0.39, 0.29) is 0 Å². The summed E-state index contributed by atoms with van der Waals surface area (Å²) in [7, 11) is 3.71. The molecule has 1 saturated heterocycles. The van der Waals surface area contributed by atoms with Gasteiger partial charge in [-0.3, -0.25) is 4.90 Å². The van der Waals surface area contributed by atoms with Crippen molar-refractivity contribution in [2.75, 3.05) is 20.2 Å². The van der Waals surface area contributed by atoms with E-state index in [2.05, 4.69) is 16.9 Å². The van der Waals surface area contributed by atoms with Crippen LogP contribution in [0.3, 0.4) is 0 Å². The average Bonchev–Trinajstić information content (AvgIpc) is 3.26. The number of likely N-dealkylation sites (tertiary alicyclic amines) is 1. The molecule has 21 heavy (non-hydrogen) atoms. The minimum absolute atomic E-state index is 0.369. The summed E-state index contributed by atoms with van der Waals surface area (Å²) in [6.07, 6.45) is 6.43. The first kappa shape index (κ1) is 14.9. The van der Waals surface area contributed by atoms with Crippen LogP contribution >= 0.6 is 0 Å². The lowest BCUT2D eigenvalue weighted by Crippen LogP contribution is -2.37. The molecule has 1 aromatic heterocycles. The topological polar surface area (TPSA) is 56.3 Å². The first-order valence-electron chi connectivity index (χ1n) is 8.20. The van der Waals surface area contributed by atoms with Gasteiger partial charge >= 0.3 is 0 Å². The van der Waals surface area contributed by atoms with Crippen molar-refractivity contribution in [2.24, 2.45) is 18.7 Å². The Labute approximate surface area is 127 Å². The standard InChI is InChI=1S/C16H28N4O/c1-11-14(16(21-3)19(2)18-11)15-12(10-17)6-4-5-9-20(15)13-7-8-13/h12-13,15H,4-10,17H2,1-3H3. The molecule has 1 aromatic rings. The fourth-order valence-corrected chi connectivity index (χ4v) is 3.97. The Balaban J connectivity index is 2.04. The highest BCUT2D eigenvalue weighted by molar-refractivity contribution is 5.35. The van der Waals surface area contributed by atoms with Gasteiger partial charge in [-0.1, -0.05) is 6.42 Å². The van der Waals surface area contributed by atoms with Crippen LogP contribution in [-0.2, 0) is 7.05 Å². The molecule has 1 aliphatic heterocycles. The highest BCUT2D eigenvalue weighted by Crippen LogP contribution is 2.45. The van der Waals surface area contributed by atoms with Crippen molar-refractivity contribution in [3.63, 3.8) is 0 Å². The largest absolute Gasteiger partial charge is 0.481 e. The predicted octanol–water partition coefficient (Wildman–Crippen LogP) is 2.00. The minimum atomic E-state index is 0.369. The van der Waals surface area contributed by atoms with Crippen molar-refractivity contribution in [3.8, 4) is 5.88 Å². The second-order valence-electron chi connectivity index (χ2n) is 6.54. The number of nitrogens with zero attached hydrogens (tertiary/aromatic N) is 3. The van der Waals surface area contributed by atoms with Crippen LogP contribution < -0.4 is 10.5 Å². The highest BCUT2D eigenvalue weighted by atomic mass is 16.5. The fraction of sp³-hybridized carbons (Fsp3) is 0.812. The molecule has 1 aliphatic carbocycles. The molecule has 0 spiro atoms. The maximum atomic E-state index is 6.14. The van der Waals surface area contributed by atoms with E-state index < -0.39 is 0 Å². The van der Waals surface area contributed by atoms with Gasteiger partial charge in [-0.2, -0.15) is 5.10 Å². The molecule has 0 radical (unpaired) electrons. The Morgan fingerprint density at radius 3 is 2.67 bits per heavy atom. The number of ether oxygens (including phenoxy) is 1. The van der Waals surface area contributed by atoms with E-state index in [1.165, 1.54) is 44.2 Å². The number of methoxy groups -OCH3 is 1. The normalized spacial score (nSPS) is 27.6. The minimum Gasteiger partial charge on any atom is -0.481 e. The molecule has 2 fully saturated rings. The summed E-state index contributed by atoms with van der Waals surface area (Å²) < 4.78 is 7.53. The third kappa shape index (κ3) is 2.69. The van der Waals surface area contributed by atoms with Gasteiger partial charge < -0.3 is 10.5 Å². The third-order valence-electron chi connectivity index (χ3n) is 5.07. The molecule has 5 heteroatoms. The molecule has 0 aromatic carbocycles. The summed E-state index contributed by atoms with van der Waals surface area (Å²) >= 11 is 0. The first-order valence-corrected chi connectivity index (χ1v) is 8.20. The smallest absolute Gasteiger partial charge is 0.216 e. The molecule has 2 unspecified atom stereocenters. The van der Waals surface area contributed by atoms with Crippen LogP contribution in [0.1, 0.15) is 49.4 Å². The summed E-state index contributed by atoms with van der Waals surface area (Å²) in [4.78, 5) is 2.69. The Bertz CT molecular complexity index is 495. The molecule has 2 N–H and O–H groups in total. The monoisotopic (exact) mass is 292 g/mol. The molecule has 5 nitrogen and oxygen atoms in total. The third-order valence-corrected chi connectivity index (χ3v) is 5.07. The maximum Gasteiger partial charge on any atom is 0.216 e. The number of hydrogen-bond acceptors (Lipinski definition) is 4. The molecule has 2 atom stereocenters. The molecule has 2 heterocycles. The number of aromatic nitrogens is 2. The number of nitrogens with two attached hydrogens (primary N) is 1. The molecular weight excluding hydrogens is 264 g/mol. The van der Waals surface area contributed by atoms with Crippen LogP contribution in [0.4, 0.5) is 0 Å². The van der Waals surface area contributed by atoms with Crippen molar-refractivity contribution < 1.29 is 4.74 Å². The SMILES string of the molecule is COc1c(C2C(CN)CCCCN2C2CC2)c(C)nn1C. The van der Waals surface area contributed by atoms with Crippen molar-refractivity contribution >= 4 is 0 Å². The molecule has 118 valence electrons. The van der Waals surface area contributed by atoms with Crippen molar-refractivity contribution in [1.82, 2.24) is 14.7 Å². The lowest BCUT2D eigenvalue weighted by Gasteiger charge is -2.35. The fourth-order valence-electron chi connectivity index (χ4n) is 3.97. The lowest BCUT2D eigenvalue weighted by atomic mass is 9.89. The van der Waals surface area contributed by atoms with E-state index in [1.54, 1.807) is 7.11 Å². The number of rotatable bonds is 4. The highest BCUT2D eigenvalue weighted by Gasteiger charge is 2.41. The van der Waals surface area contributed by atoms with Crippen LogP contribution in [0.2, 0.25) is 0 Å². The van der Waals surface area contributed by atoms with Gasteiger partial charge in [-0.25, -0.2) is 4.68 Å². The van der Waals surface area contributed by atoms with E-state index in [1.807, 2.05) is 11.7 Å². The Morgan fingerprint density at radius 2 is 2.05 bits per heavy atom. The summed E-state index contributed by atoms with van der Waals surface area (Å²) in [5.74, 6) is 1.41. The molecule has 0 amide bonds. The van der Waals surface area contributed by atoms with E-state index >= 15 is 0 Å². The molecule has 1 saturated carbocycles. The number of hydrogen-bond donors (Lipinski definition) is 1. The molecular formula is C16H28N4O. The maximum absolute atomic E-state index is 6.14.